The maximum absolute atomic E-state index is 10.8. The first-order chi connectivity index (χ1) is 8.75. The minimum Gasteiger partial charge on any atom is -0.481 e. The normalized spacial score (nSPS) is 24.0. The third-order valence-electron chi connectivity index (χ3n) is 3.66. The third kappa shape index (κ3) is 3.84. The van der Waals surface area contributed by atoms with E-state index in [4.69, 9.17) is 5.11 Å². The van der Waals surface area contributed by atoms with E-state index in [1.54, 1.807) is 6.20 Å². The molecule has 0 aromatic carbocycles. The Morgan fingerprint density at radius 2 is 2.17 bits per heavy atom. The summed E-state index contributed by atoms with van der Waals surface area (Å²) in [5.41, 5.74) is 0. The van der Waals surface area contributed by atoms with Gasteiger partial charge in [-0.1, -0.05) is 0 Å². The Hall–Kier alpha value is -1.36. The van der Waals surface area contributed by atoms with Crippen molar-refractivity contribution in [3.8, 4) is 0 Å². The fourth-order valence-corrected chi connectivity index (χ4v) is 2.53. The topological polar surface area (TPSA) is 67.2 Å². The van der Waals surface area contributed by atoms with Gasteiger partial charge in [-0.2, -0.15) is 0 Å². The Labute approximate surface area is 107 Å². The van der Waals surface area contributed by atoms with Gasteiger partial charge in [0.2, 0.25) is 0 Å². The summed E-state index contributed by atoms with van der Waals surface area (Å²) < 4.78 is 2.07. The van der Waals surface area contributed by atoms with Gasteiger partial charge in [-0.05, 0) is 38.6 Å². The molecule has 1 aliphatic rings. The molecule has 0 saturated heterocycles. The van der Waals surface area contributed by atoms with E-state index >= 15 is 0 Å². The Morgan fingerprint density at radius 3 is 2.78 bits per heavy atom. The predicted octanol–water partition coefficient (Wildman–Crippen LogP) is 1.51. The van der Waals surface area contributed by atoms with Crippen LogP contribution in [-0.2, 0) is 11.3 Å². The summed E-state index contributed by atoms with van der Waals surface area (Å²) in [5.74, 6) is -0.748. The van der Waals surface area contributed by atoms with Crippen LogP contribution in [0.4, 0.5) is 0 Å². The van der Waals surface area contributed by atoms with Gasteiger partial charge in [-0.3, -0.25) is 4.79 Å². The van der Waals surface area contributed by atoms with Crippen LogP contribution < -0.4 is 5.32 Å². The lowest BCUT2D eigenvalue weighted by Crippen LogP contribution is -2.35. The number of hydrogen-bond donors (Lipinski definition) is 2. The lowest BCUT2D eigenvalue weighted by molar-refractivity contribution is -0.142. The van der Waals surface area contributed by atoms with Gasteiger partial charge < -0.3 is 15.0 Å². The van der Waals surface area contributed by atoms with Gasteiger partial charge in [0, 0.05) is 25.0 Å². The van der Waals surface area contributed by atoms with Crippen LogP contribution in [-0.4, -0.2) is 33.2 Å². The second-order valence-electron chi connectivity index (χ2n) is 4.99. The first kappa shape index (κ1) is 13.1. The van der Waals surface area contributed by atoms with E-state index in [2.05, 4.69) is 14.9 Å². The quantitative estimate of drug-likeness (QED) is 0.752. The van der Waals surface area contributed by atoms with Crippen molar-refractivity contribution in [2.45, 2.75) is 44.7 Å². The first-order valence-corrected chi connectivity index (χ1v) is 6.67. The van der Waals surface area contributed by atoms with Gasteiger partial charge in [-0.15, -0.1) is 0 Å². The van der Waals surface area contributed by atoms with Crippen molar-refractivity contribution in [2.24, 2.45) is 5.92 Å². The SMILES string of the molecule is O=C(O)C1CCC(NCCCn2ccnc2)CC1. The van der Waals surface area contributed by atoms with Crippen LogP contribution >= 0.6 is 0 Å². The Balaban J connectivity index is 1.57. The van der Waals surface area contributed by atoms with Crippen LogP contribution in [0.5, 0.6) is 0 Å². The smallest absolute Gasteiger partial charge is 0.306 e. The molecule has 1 saturated carbocycles. The minimum atomic E-state index is -0.631. The van der Waals surface area contributed by atoms with Crippen molar-refractivity contribution in [3.63, 3.8) is 0 Å². The fourth-order valence-electron chi connectivity index (χ4n) is 2.53. The Morgan fingerprint density at radius 1 is 1.39 bits per heavy atom. The Kier molecular flexibility index (Phi) is 4.75. The maximum Gasteiger partial charge on any atom is 0.306 e. The molecule has 2 rings (SSSR count). The zero-order chi connectivity index (χ0) is 12.8. The molecule has 0 unspecified atom stereocenters. The number of hydrogen-bond acceptors (Lipinski definition) is 3. The molecule has 5 nitrogen and oxygen atoms in total. The molecule has 0 aliphatic heterocycles. The Bertz CT molecular complexity index is 356. The molecule has 0 radical (unpaired) electrons. The number of imidazole rings is 1. The molecule has 18 heavy (non-hydrogen) atoms. The van der Waals surface area contributed by atoms with Gasteiger partial charge in [0.1, 0.15) is 0 Å². The number of aromatic nitrogens is 2. The molecule has 2 N–H and O–H groups in total. The van der Waals surface area contributed by atoms with E-state index < -0.39 is 5.97 Å². The highest BCUT2D eigenvalue weighted by Crippen LogP contribution is 2.24. The average molecular weight is 251 g/mol. The highest BCUT2D eigenvalue weighted by Gasteiger charge is 2.25. The summed E-state index contributed by atoms with van der Waals surface area (Å²) in [7, 11) is 0. The van der Waals surface area contributed by atoms with Gasteiger partial charge in [0.05, 0.1) is 12.2 Å². The average Bonchev–Trinajstić information content (AvgIpc) is 2.88. The number of aliphatic carboxylic acids is 1. The van der Waals surface area contributed by atoms with E-state index in [0.717, 1.165) is 45.2 Å². The van der Waals surface area contributed by atoms with Crippen molar-refractivity contribution in [1.29, 1.82) is 0 Å². The molecule has 5 heteroatoms. The summed E-state index contributed by atoms with van der Waals surface area (Å²) in [6.07, 6.45) is 10.3. The minimum absolute atomic E-state index is 0.117. The van der Waals surface area contributed by atoms with E-state index in [1.165, 1.54) is 0 Å². The monoisotopic (exact) mass is 251 g/mol. The summed E-state index contributed by atoms with van der Waals surface area (Å²) in [6, 6.07) is 0.503. The zero-order valence-electron chi connectivity index (χ0n) is 10.6. The molecule has 1 heterocycles. The van der Waals surface area contributed by atoms with E-state index in [9.17, 15) is 4.79 Å². The molecule has 100 valence electrons. The number of rotatable bonds is 6. The van der Waals surface area contributed by atoms with Gasteiger partial charge in [0.15, 0.2) is 0 Å². The second kappa shape index (κ2) is 6.54. The molecule has 1 aromatic heterocycles. The van der Waals surface area contributed by atoms with Gasteiger partial charge >= 0.3 is 5.97 Å². The van der Waals surface area contributed by atoms with E-state index in [1.807, 2.05) is 12.5 Å². The van der Waals surface area contributed by atoms with Crippen molar-refractivity contribution in [3.05, 3.63) is 18.7 Å². The molecule has 1 fully saturated rings. The van der Waals surface area contributed by atoms with E-state index in [-0.39, 0.29) is 5.92 Å². The lowest BCUT2D eigenvalue weighted by atomic mass is 9.86. The van der Waals surface area contributed by atoms with Crippen LogP contribution in [0.1, 0.15) is 32.1 Å². The van der Waals surface area contributed by atoms with Crippen molar-refractivity contribution in [2.75, 3.05) is 6.54 Å². The largest absolute Gasteiger partial charge is 0.481 e. The maximum atomic E-state index is 10.8. The van der Waals surface area contributed by atoms with Gasteiger partial charge in [0.25, 0.3) is 0 Å². The first-order valence-electron chi connectivity index (χ1n) is 6.67. The fraction of sp³-hybridized carbons (Fsp3) is 0.692. The standard InChI is InChI=1S/C13H21N3O2/c17-13(18)11-2-4-12(5-3-11)15-6-1-8-16-9-7-14-10-16/h7,9-12,15H,1-6,8H2,(H,17,18). The lowest BCUT2D eigenvalue weighted by Gasteiger charge is -2.26. The van der Waals surface area contributed by atoms with Crippen LogP contribution in [0, 0.1) is 5.92 Å². The number of carbonyl (C=O) groups is 1. The molecule has 1 aliphatic carbocycles. The van der Waals surface area contributed by atoms with Crippen molar-refractivity contribution in [1.82, 2.24) is 14.9 Å². The van der Waals surface area contributed by atoms with Crippen LogP contribution in [0.2, 0.25) is 0 Å². The molecule has 1 aromatic rings. The number of aryl methyl sites for hydroxylation is 1. The van der Waals surface area contributed by atoms with Crippen molar-refractivity contribution >= 4 is 5.97 Å². The zero-order valence-corrected chi connectivity index (χ0v) is 10.6. The highest BCUT2D eigenvalue weighted by atomic mass is 16.4. The van der Waals surface area contributed by atoms with E-state index in [0.29, 0.717) is 6.04 Å². The molecular formula is C13H21N3O2. The third-order valence-corrected chi connectivity index (χ3v) is 3.66. The molecular weight excluding hydrogens is 230 g/mol. The van der Waals surface area contributed by atoms with Gasteiger partial charge in [-0.25, -0.2) is 4.98 Å². The van der Waals surface area contributed by atoms with Crippen LogP contribution in [0.25, 0.3) is 0 Å². The summed E-state index contributed by atoms with van der Waals surface area (Å²) in [4.78, 5) is 14.8. The number of nitrogens with zero attached hydrogens (tertiary/aromatic N) is 2. The highest BCUT2D eigenvalue weighted by molar-refractivity contribution is 5.70. The number of carboxylic acid groups (broad SMARTS) is 1. The molecule has 0 amide bonds. The van der Waals surface area contributed by atoms with Crippen LogP contribution in [0.15, 0.2) is 18.7 Å². The second-order valence-corrected chi connectivity index (χ2v) is 4.99. The molecule has 0 bridgehead atoms. The number of nitrogens with one attached hydrogen (secondary N) is 1. The van der Waals surface area contributed by atoms with Crippen LogP contribution in [0.3, 0.4) is 0 Å². The predicted molar refractivity (Wildman–Crippen MR) is 68.2 cm³/mol. The summed E-state index contributed by atoms with van der Waals surface area (Å²) in [5, 5.41) is 12.4. The van der Waals surface area contributed by atoms with Crippen molar-refractivity contribution < 1.29 is 9.90 Å². The molecule has 0 spiro atoms. The number of carboxylic acids is 1. The summed E-state index contributed by atoms with van der Waals surface area (Å²) >= 11 is 0. The summed E-state index contributed by atoms with van der Waals surface area (Å²) in [6.45, 7) is 1.97. The molecule has 0 atom stereocenters.